The molecule has 1 aromatic carbocycles. The van der Waals surface area contributed by atoms with Crippen LogP contribution in [0.2, 0.25) is 0 Å². The van der Waals surface area contributed by atoms with Gasteiger partial charge in [0.15, 0.2) is 0 Å². The summed E-state index contributed by atoms with van der Waals surface area (Å²) in [7, 11) is -1.60. The van der Waals surface area contributed by atoms with Crippen LogP contribution in [-0.2, 0) is 39.4 Å². The molecule has 3 unspecified atom stereocenters. The average Bonchev–Trinajstić information content (AvgIpc) is 3.04. The van der Waals surface area contributed by atoms with Gasteiger partial charge in [0.2, 0.25) is 11.8 Å². The molecule has 3 atom stereocenters. The van der Waals surface area contributed by atoms with Crippen LogP contribution in [0.25, 0.3) is 0 Å². The number of ether oxygens (including phenoxy) is 1. The molecule has 0 heterocycles. The number of carbonyl (C=O) groups is 4. The first kappa shape index (κ1) is 42.7. The van der Waals surface area contributed by atoms with Crippen molar-refractivity contribution in [2.45, 2.75) is 109 Å². The van der Waals surface area contributed by atoms with Gasteiger partial charge in [-0.15, -0.1) is 6.42 Å². The SMILES string of the molecule is C#CC12CC(C(=O)NC(Cc3ccccc3)C(=O)NC(CCCCNC(=O)C(F)(F)F)C(=O)OCCOP(OCCC#N)N(C(C)C)C(C)C)(C1)C2. The molecule has 3 N–H and O–H groups in total. The zero-order chi connectivity index (χ0) is 38.5. The molecule has 2 bridgehead atoms. The number of benzene rings is 1. The van der Waals surface area contributed by atoms with Crippen molar-refractivity contribution < 1.29 is 46.1 Å². The van der Waals surface area contributed by atoms with E-state index in [1.165, 1.54) is 0 Å². The molecule has 12 nitrogen and oxygen atoms in total. The summed E-state index contributed by atoms with van der Waals surface area (Å²) in [5.74, 6) is -1.06. The zero-order valence-corrected chi connectivity index (χ0v) is 31.0. The highest BCUT2D eigenvalue weighted by Gasteiger charge is 2.71. The van der Waals surface area contributed by atoms with Crippen LogP contribution in [0.5, 0.6) is 0 Å². The minimum atomic E-state index is -5.02. The molecule has 16 heteroatoms. The first-order valence-electron chi connectivity index (χ1n) is 17.4. The number of hydrogen-bond donors (Lipinski definition) is 3. The average molecular weight is 752 g/mol. The van der Waals surface area contributed by atoms with Crippen LogP contribution in [0.15, 0.2) is 30.3 Å². The summed E-state index contributed by atoms with van der Waals surface area (Å²) in [5, 5.41) is 16.3. The van der Waals surface area contributed by atoms with Crippen molar-refractivity contribution in [3.63, 3.8) is 0 Å². The van der Waals surface area contributed by atoms with Gasteiger partial charge in [0, 0.05) is 30.5 Å². The van der Waals surface area contributed by atoms with Gasteiger partial charge in [-0.1, -0.05) is 36.3 Å². The van der Waals surface area contributed by atoms with E-state index < -0.39 is 50.0 Å². The van der Waals surface area contributed by atoms with Gasteiger partial charge >= 0.3 is 18.1 Å². The van der Waals surface area contributed by atoms with E-state index in [-0.39, 0.29) is 81.9 Å². The topological polar surface area (TPSA) is 159 Å². The molecular weight excluding hydrogens is 702 g/mol. The molecule has 3 fully saturated rings. The predicted octanol–water partition coefficient (Wildman–Crippen LogP) is 4.69. The van der Waals surface area contributed by atoms with Crippen molar-refractivity contribution >= 4 is 32.2 Å². The van der Waals surface area contributed by atoms with Crippen LogP contribution in [0, 0.1) is 34.5 Å². The van der Waals surface area contributed by atoms with E-state index in [1.54, 1.807) is 29.6 Å². The van der Waals surface area contributed by atoms with Crippen LogP contribution in [-0.4, -0.2) is 85.1 Å². The maximum Gasteiger partial charge on any atom is 0.471 e. The smallest absolute Gasteiger partial charge is 0.462 e. The Morgan fingerprint density at radius 1 is 0.962 bits per heavy atom. The Bertz CT molecular complexity index is 1440. The van der Waals surface area contributed by atoms with Crippen LogP contribution >= 0.6 is 8.53 Å². The quantitative estimate of drug-likeness (QED) is 0.0662. The fraction of sp³-hybridized carbons (Fsp3) is 0.639. The lowest BCUT2D eigenvalue weighted by Crippen LogP contribution is -2.68. The van der Waals surface area contributed by atoms with Crippen LogP contribution in [0.4, 0.5) is 13.2 Å². The Morgan fingerprint density at radius 2 is 1.60 bits per heavy atom. The minimum Gasteiger partial charge on any atom is -0.462 e. The molecule has 0 radical (unpaired) electrons. The highest BCUT2D eigenvalue weighted by Crippen LogP contribution is 2.73. The number of rotatable bonds is 22. The first-order valence-corrected chi connectivity index (χ1v) is 18.6. The third-order valence-corrected chi connectivity index (χ3v) is 11.1. The van der Waals surface area contributed by atoms with Crippen molar-refractivity contribution in [3.05, 3.63) is 35.9 Å². The van der Waals surface area contributed by atoms with Crippen molar-refractivity contribution in [1.82, 2.24) is 20.6 Å². The Balaban J connectivity index is 1.68. The summed E-state index contributed by atoms with van der Waals surface area (Å²) >= 11 is 0. The van der Waals surface area contributed by atoms with Crippen molar-refractivity contribution in [2.75, 3.05) is 26.4 Å². The minimum absolute atomic E-state index is 0.0214. The lowest BCUT2D eigenvalue weighted by molar-refractivity contribution is -0.185. The maximum atomic E-state index is 13.8. The summed E-state index contributed by atoms with van der Waals surface area (Å²) < 4.78 is 57.1. The first-order chi connectivity index (χ1) is 24.6. The van der Waals surface area contributed by atoms with E-state index in [1.807, 2.05) is 44.5 Å². The molecule has 3 amide bonds. The standard InChI is InChI=1S/C36H49F3N5O7P/c1-6-34-22-35(23-34,24-34)32(47)43-29(21-27-13-8-7-9-14-27)30(45)42-28(15-10-11-17-41-33(48)36(37,38)39)31(46)49-19-20-51-52(50-18-12-16-40)44(25(2)3)26(4)5/h1,7-9,13-14,25-26,28-29H,10-12,15,17-24H2,2-5H3,(H,41,48)(H,42,45)(H,43,47). The fourth-order valence-electron chi connectivity index (χ4n) is 6.52. The zero-order valence-electron chi connectivity index (χ0n) is 30.1. The highest BCUT2D eigenvalue weighted by atomic mass is 31.2. The van der Waals surface area contributed by atoms with Gasteiger partial charge in [0.1, 0.15) is 18.7 Å². The number of halogens is 3. The van der Waals surface area contributed by atoms with Crippen molar-refractivity contribution in [3.8, 4) is 18.4 Å². The normalized spacial score (nSPS) is 20.8. The van der Waals surface area contributed by atoms with Gasteiger partial charge in [0.05, 0.1) is 31.1 Å². The lowest BCUT2D eigenvalue weighted by Gasteiger charge is -2.66. The number of hydrogen-bond acceptors (Lipinski definition) is 9. The summed E-state index contributed by atoms with van der Waals surface area (Å²) in [4.78, 5) is 51.7. The van der Waals surface area contributed by atoms with Crippen molar-refractivity contribution in [1.29, 1.82) is 5.26 Å². The second kappa shape index (κ2) is 19.4. The molecule has 4 rings (SSSR count). The van der Waals surface area contributed by atoms with Gasteiger partial charge in [-0.05, 0) is 71.8 Å². The molecule has 0 saturated heterocycles. The third-order valence-electron chi connectivity index (χ3n) is 8.98. The molecule has 3 saturated carbocycles. The van der Waals surface area contributed by atoms with E-state index >= 15 is 0 Å². The molecular formula is C36H49F3N5O7P. The molecule has 0 spiro atoms. The third kappa shape index (κ3) is 11.9. The summed E-state index contributed by atoms with van der Waals surface area (Å²) in [6.45, 7) is 7.50. The van der Waals surface area contributed by atoms with E-state index in [0.717, 1.165) is 5.56 Å². The number of esters is 1. The molecule has 0 aromatic heterocycles. The number of nitrogens with zero attached hydrogens (tertiary/aromatic N) is 2. The van der Waals surface area contributed by atoms with Crippen LogP contribution in [0.1, 0.15) is 78.2 Å². The molecule has 3 aliphatic carbocycles. The van der Waals surface area contributed by atoms with E-state index in [0.29, 0.717) is 19.3 Å². The van der Waals surface area contributed by atoms with Gasteiger partial charge < -0.3 is 29.7 Å². The van der Waals surface area contributed by atoms with Gasteiger partial charge in [-0.2, -0.15) is 18.4 Å². The number of carbonyl (C=O) groups excluding carboxylic acids is 4. The number of amides is 3. The molecule has 52 heavy (non-hydrogen) atoms. The number of nitriles is 1. The summed E-state index contributed by atoms with van der Waals surface area (Å²) in [5.41, 5.74) is -0.125. The Kier molecular flexibility index (Phi) is 15.9. The second-order valence-corrected chi connectivity index (χ2v) is 15.3. The largest absolute Gasteiger partial charge is 0.471 e. The predicted molar refractivity (Wildman–Crippen MR) is 187 cm³/mol. The molecule has 286 valence electrons. The van der Waals surface area contributed by atoms with Gasteiger partial charge in [-0.3, -0.25) is 14.4 Å². The molecule has 3 aliphatic rings. The fourth-order valence-corrected chi connectivity index (χ4v) is 8.09. The summed E-state index contributed by atoms with van der Waals surface area (Å²) in [6, 6.07) is 8.87. The van der Waals surface area contributed by atoms with Crippen LogP contribution in [0.3, 0.4) is 0 Å². The molecule has 1 aromatic rings. The van der Waals surface area contributed by atoms with Gasteiger partial charge in [-0.25, -0.2) is 9.46 Å². The molecule has 0 aliphatic heterocycles. The monoisotopic (exact) mass is 751 g/mol. The lowest BCUT2D eigenvalue weighted by atomic mass is 9.35. The Hall–Kier alpha value is -3.75. The van der Waals surface area contributed by atoms with E-state index in [4.69, 9.17) is 25.5 Å². The van der Waals surface area contributed by atoms with E-state index in [9.17, 15) is 32.3 Å². The Morgan fingerprint density at radius 3 is 2.17 bits per heavy atom. The van der Waals surface area contributed by atoms with Gasteiger partial charge in [0.25, 0.3) is 8.53 Å². The highest BCUT2D eigenvalue weighted by molar-refractivity contribution is 7.44. The second-order valence-electron chi connectivity index (χ2n) is 13.8. The van der Waals surface area contributed by atoms with Crippen molar-refractivity contribution in [2.24, 2.45) is 10.8 Å². The Labute approximate surface area is 304 Å². The summed E-state index contributed by atoms with van der Waals surface area (Å²) in [6.07, 6.45) is 2.74. The number of alkyl halides is 3. The number of nitrogens with one attached hydrogen (secondary N) is 3. The van der Waals surface area contributed by atoms with Crippen LogP contribution < -0.4 is 16.0 Å². The van der Waals surface area contributed by atoms with E-state index in [2.05, 4.69) is 16.6 Å². The number of unbranched alkanes of at least 4 members (excludes halogenated alkanes) is 1. The number of terminal acetylenes is 1. The maximum absolute atomic E-state index is 13.8.